The number of carbonyl (C=O) groups excluding carboxylic acids is 1. The second kappa shape index (κ2) is 5.57. The molecule has 1 aliphatic carbocycles. The summed E-state index contributed by atoms with van der Waals surface area (Å²) in [6, 6.07) is 0.331. The van der Waals surface area contributed by atoms with E-state index in [2.05, 4.69) is 18.7 Å². The maximum absolute atomic E-state index is 12.2. The van der Waals surface area contributed by atoms with E-state index >= 15 is 0 Å². The molecule has 1 aliphatic heterocycles. The van der Waals surface area contributed by atoms with Gasteiger partial charge in [-0.1, -0.05) is 20.8 Å². The molecule has 4 heteroatoms. The Kier molecular flexibility index (Phi) is 4.85. The van der Waals surface area contributed by atoms with Crippen LogP contribution in [0, 0.1) is 23.7 Å². The summed E-state index contributed by atoms with van der Waals surface area (Å²) < 4.78 is 0. The number of hydrogen-bond donors (Lipinski definition) is 1. The molecule has 100 valence electrons. The van der Waals surface area contributed by atoms with Gasteiger partial charge in [-0.15, -0.1) is 12.4 Å². The van der Waals surface area contributed by atoms with Crippen molar-refractivity contribution in [1.82, 2.24) is 4.90 Å². The minimum absolute atomic E-state index is 0. The van der Waals surface area contributed by atoms with Crippen LogP contribution in [-0.2, 0) is 4.79 Å². The molecular weight excluding hydrogens is 236 g/mol. The van der Waals surface area contributed by atoms with E-state index in [1.165, 1.54) is 6.42 Å². The first-order chi connectivity index (χ1) is 7.50. The summed E-state index contributed by atoms with van der Waals surface area (Å²) >= 11 is 0. The first-order valence-electron chi connectivity index (χ1n) is 6.55. The summed E-state index contributed by atoms with van der Waals surface area (Å²) in [7, 11) is 0. The van der Waals surface area contributed by atoms with Crippen LogP contribution in [-0.4, -0.2) is 29.9 Å². The molecule has 3 nitrogen and oxygen atoms in total. The van der Waals surface area contributed by atoms with Gasteiger partial charge < -0.3 is 10.6 Å². The van der Waals surface area contributed by atoms with Crippen molar-refractivity contribution in [3.8, 4) is 0 Å². The Balaban J connectivity index is 0.00000144. The Morgan fingerprint density at radius 2 is 1.88 bits per heavy atom. The van der Waals surface area contributed by atoms with Gasteiger partial charge in [0.05, 0.1) is 0 Å². The average Bonchev–Trinajstić information content (AvgIpc) is 2.79. The number of nitrogens with zero attached hydrogens (tertiary/aromatic N) is 1. The van der Waals surface area contributed by atoms with Gasteiger partial charge in [-0.3, -0.25) is 4.79 Å². The molecule has 0 bridgehead atoms. The molecule has 0 aromatic carbocycles. The van der Waals surface area contributed by atoms with Crippen LogP contribution in [0.3, 0.4) is 0 Å². The second-order valence-electron chi connectivity index (χ2n) is 5.94. The van der Waals surface area contributed by atoms with E-state index in [4.69, 9.17) is 5.73 Å². The number of likely N-dealkylation sites (tertiary alicyclic amines) is 1. The van der Waals surface area contributed by atoms with Gasteiger partial charge >= 0.3 is 0 Å². The summed E-state index contributed by atoms with van der Waals surface area (Å²) in [6.07, 6.45) is 2.36. The summed E-state index contributed by atoms with van der Waals surface area (Å²) in [5.41, 5.74) is 6.08. The number of carbonyl (C=O) groups is 1. The van der Waals surface area contributed by atoms with Crippen LogP contribution in [0.15, 0.2) is 0 Å². The third-order valence-corrected chi connectivity index (χ3v) is 4.61. The molecule has 17 heavy (non-hydrogen) atoms. The van der Waals surface area contributed by atoms with Crippen molar-refractivity contribution in [3.63, 3.8) is 0 Å². The van der Waals surface area contributed by atoms with Crippen LogP contribution in [0.25, 0.3) is 0 Å². The molecule has 0 aromatic rings. The van der Waals surface area contributed by atoms with Crippen molar-refractivity contribution in [2.45, 2.75) is 39.7 Å². The fourth-order valence-electron chi connectivity index (χ4n) is 3.06. The van der Waals surface area contributed by atoms with Crippen molar-refractivity contribution in [3.05, 3.63) is 0 Å². The fraction of sp³-hybridized carbons (Fsp3) is 0.923. The molecular formula is C13H25ClN2O. The number of fused-ring (bicyclic) bond motifs is 1. The molecule has 1 saturated heterocycles. The van der Waals surface area contributed by atoms with Crippen LogP contribution < -0.4 is 5.73 Å². The van der Waals surface area contributed by atoms with Gasteiger partial charge in [0.1, 0.15) is 0 Å². The van der Waals surface area contributed by atoms with Gasteiger partial charge in [-0.2, -0.15) is 0 Å². The standard InChI is InChI=1S/C13H24N2O.ClH/c1-8(2)9(3)13(16)15-6-10-4-5-12(14)11(10)7-15;/h8-12H,4-7,14H2,1-3H3;1H. The molecule has 1 saturated carbocycles. The Morgan fingerprint density at radius 1 is 1.24 bits per heavy atom. The zero-order valence-electron chi connectivity index (χ0n) is 11.1. The molecule has 4 atom stereocenters. The minimum Gasteiger partial charge on any atom is -0.342 e. The van der Waals surface area contributed by atoms with Gasteiger partial charge in [-0.25, -0.2) is 0 Å². The Morgan fingerprint density at radius 3 is 2.41 bits per heavy atom. The van der Waals surface area contributed by atoms with Crippen LogP contribution in [0.1, 0.15) is 33.6 Å². The third kappa shape index (κ3) is 2.76. The zero-order valence-corrected chi connectivity index (χ0v) is 11.9. The van der Waals surface area contributed by atoms with E-state index in [1.54, 1.807) is 0 Å². The third-order valence-electron chi connectivity index (χ3n) is 4.61. The molecule has 2 aliphatic rings. The van der Waals surface area contributed by atoms with Gasteiger partial charge in [0, 0.05) is 25.0 Å². The lowest BCUT2D eigenvalue weighted by Gasteiger charge is -2.24. The molecule has 0 radical (unpaired) electrons. The van der Waals surface area contributed by atoms with Crippen LogP contribution in [0.4, 0.5) is 0 Å². The summed E-state index contributed by atoms with van der Waals surface area (Å²) in [6.45, 7) is 8.13. The molecule has 2 rings (SSSR count). The van der Waals surface area contributed by atoms with Crippen molar-refractivity contribution in [2.24, 2.45) is 29.4 Å². The quantitative estimate of drug-likeness (QED) is 0.824. The molecule has 2 fully saturated rings. The molecule has 1 heterocycles. The van der Waals surface area contributed by atoms with Gasteiger partial charge in [0.15, 0.2) is 0 Å². The maximum Gasteiger partial charge on any atom is 0.225 e. The highest BCUT2D eigenvalue weighted by Gasteiger charge is 2.43. The SMILES string of the molecule is CC(C)C(C)C(=O)N1CC2CCC(N)C2C1.Cl. The van der Waals surface area contributed by atoms with Crippen molar-refractivity contribution < 1.29 is 4.79 Å². The normalized spacial score (nSPS) is 33.5. The molecule has 0 spiro atoms. The van der Waals surface area contributed by atoms with Crippen LogP contribution in [0.5, 0.6) is 0 Å². The fourth-order valence-corrected chi connectivity index (χ4v) is 3.06. The van der Waals surface area contributed by atoms with Gasteiger partial charge in [-0.05, 0) is 30.6 Å². The second-order valence-corrected chi connectivity index (χ2v) is 5.94. The highest BCUT2D eigenvalue weighted by Crippen LogP contribution is 2.37. The van der Waals surface area contributed by atoms with Crippen molar-refractivity contribution >= 4 is 18.3 Å². The lowest BCUT2D eigenvalue weighted by molar-refractivity contribution is -0.135. The first-order valence-corrected chi connectivity index (χ1v) is 6.55. The highest BCUT2D eigenvalue weighted by atomic mass is 35.5. The number of amides is 1. The lowest BCUT2D eigenvalue weighted by Crippen LogP contribution is -2.37. The summed E-state index contributed by atoms with van der Waals surface area (Å²) in [4.78, 5) is 14.3. The van der Waals surface area contributed by atoms with E-state index in [9.17, 15) is 4.79 Å². The molecule has 2 N–H and O–H groups in total. The van der Waals surface area contributed by atoms with E-state index in [1.807, 2.05) is 6.92 Å². The Hall–Kier alpha value is -0.280. The monoisotopic (exact) mass is 260 g/mol. The highest BCUT2D eigenvalue weighted by molar-refractivity contribution is 5.85. The van der Waals surface area contributed by atoms with Crippen molar-refractivity contribution in [2.75, 3.05) is 13.1 Å². The molecule has 4 unspecified atom stereocenters. The Bertz CT molecular complexity index is 283. The maximum atomic E-state index is 12.2. The average molecular weight is 261 g/mol. The van der Waals surface area contributed by atoms with Crippen molar-refractivity contribution in [1.29, 1.82) is 0 Å². The zero-order chi connectivity index (χ0) is 11.9. The predicted molar refractivity (Wildman–Crippen MR) is 72.0 cm³/mol. The lowest BCUT2D eigenvalue weighted by atomic mass is 9.96. The number of rotatable bonds is 2. The van der Waals surface area contributed by atoms with Gasteiger partial charge in [0.25, 0.3) is 0 Å². The minimum atomic E-state index is 0. The molecule has 0 aromatic heterocycles. The number of hydrogen-bond acceptors (Lipinski definition) is 2. The van der Waals surface area contributed by atoms with E-state index < -0.39 is 0 Å². The Labute approximate surface area is 111 Å². The largest absolute Gasteiger partial charge is 0.342 e. The number of halogens is 1. The topological polar surface area (TPSA) is 46.3 Å². The first kappa shape index (κ1) is 14.8. The smallest absolute Gasteiger partial charge is 0.225 e. The predicted octanol–water partition coefficient (Wildman–Crippen LogP) is 1.90. The van der Waals surface area contributed by atoms with E-state index in [-0.39, 0.29) is 18.3 Å². The van der Waals surface area contributed by atoms with Crippen LogP contribution in [0.2, 0.25) is 0 Å². The summed E-state index contributed by atoms with van der Waals surface area (Å²) in [5, 5.41) is 0. The summed E-state index contributed by atoms with van der Waals surface area (Å²) in [5.74, 6) is 2.16. The van der Waals surface area contributed by atoms with Gasteiger partial charge in [0.2, 0.25) is 5.91 Å². The number of nitrogens with two attached hydrogens (primary N) is 1. The molecule has 1 amide bonds. The van der Waals surface area contributed by atoms with E-state index in [0.717, 1.165) is 19.5 Å². The van der Waals surface area contributed by atoms with E-state index in [0.29, 0.717) is 29.7 Å². The van der Waals surface area contributed by atoms with Crippen LogP contribution >= 0.6 is 12.4 Å².